The lowest BCUT2D eigenvalue weighted by molar-refractivity contribution is 0.252. The molecule has 0 fully saturated rings. The van der Waals surface area contributed by atoms with Gasteiger partial charge in [-0.2, -0.15) is 0 Å². The Balaban J connectivity index is 2.80. The first kappa shape index (κ1) is 11.6. The summed E-state index contributed by atoms with van der Waals surface area (Å²) < 4.78 is 13.4. The minimum Gasteiger partial charge on any atom is -0.250 e. The monoisotopic (exact) mass is 260 g/mol. The van der Waals surface area contributed by atoms with E-state index >= 15 is 0 Å². The van der Waals surface area contributed by atoms with Gasteiger partial charge in [0.25, 0.3) is 0 Å². The second kappa shape index (κ2) is 4.87. The average molecular weight is 261 g/mol. The van der Waals surface area contributed by atoms with E-state index in [1.807, 2.05) is 26.0 Å². The zero-order chi connectivity index (χ0) is 10.7. The fourth-order valence-electron chi connectivity index (χ4n) is 1.24. The van der Waals surface area contributed by atoms with Gasteiger partial charge in [-0.3, -0.25) is 5.01 Å². The lowest BCUT2D eigenvalue weighted by Crippen LogP contribution is -2.32. The molecular weight excluding hydrogens is 247 g/mol. The number of rotatable bonds is 3. The van der Waals surface area contributed by atoms with Crippen molar-refractivity contribution in [2.75, 3.05) is 14.1 Å². The topological polar surface area (TPSA) is 15.3 Å². The smallest absolute Gasteiger partial charge is 0.137 e. The molecule has 2 nitrogen and oxygen atoms in total. The molecule has 0 saturated heterocycles. The summed E-state index contributed by atoms with van der Waals surface area (Å²) in [6.07, 6.45) is 0. The van der Waals surface area contributed by atoms with Crippen LogP contribution in [0.5, 0.6) is 0 Å². The molecule has 4 heteroatoms. The summed E-state index contributed by atoms with van der Waals surface area (Å²) in [6, 6.07) is 5.20. The predicted octanol–water partition coefficient (Wildman–Crippen LogP) is 2.72. The van der Waals surface area contributed by atoms with Gasteiger partial charge >= 0.3 is 0 Å². The third-order valence-corrected chi connectivity index (χ3v) is 2.50. The molecule has 0 saturated carbocycles. The Morgan fingerprint density at radius 1 is 1.43 bits per heavy atom. The number of hydrogen-bond acceptors (Lipinski definition) is 2. The minimum atomic E-state index is -0.231. The van der Waals surface area contributed by atoms with E-state index in [-0.39, 0.29) is 11.9 Å². The van der Waals surface area contributed by atoms with Crippen LogP contribution in [0.15, 0.2) is 22.7 Å². The maximum absolute atomic E-state index is 12.9. The van der Waals surface area contributed by atoms with Gasteiger partial charge in [0.2, 0.25) is 0 Å². The van der Waals surface area contributed by atoms with Crippen molar-refractivity contribution in [3.05, 3.63) is 34.1 Å². The fraction of sp³-hybridized carbons (Fsp3) is 0.400. The normalized spacial score (nSPS) is 13.3. The van der Waals surface area contributed by atoms with Crippen molar-refractivity contribution in [1.29, 1.82) is 0 Å². The maximum atomic E-state index is 12.9. The Bertz CT molecular complexity index is 315. The molecule has 78 valence electrons. The molecule has 0 amide bonds. The molecule has 0 aromatic heterocycles. The van der Waals surface area contributed by atoms with Crippen LogP contribution >= 0.6 is 15.9 Å². The van der Waals surface area contributed by atoms with Crippen molar-refractivity contribution in [2.24, 2.45) is 0 Å². The van der Waals surface area contributed by atoms with Gasteiger partial charge in [0, 0.05) is 20.1 Å². The molecule has 0 spiro atoms. The number of nitrogens with one attached hydrogen (secondary N) is 1. The van der Waals surface area contributed by atoms with Crippen LogP contribution in [0.4, 0.5) is 4.39 Å². The van der Waals surface area contributed by atoms with Gasteiger partial charge in [0.15, 0.2) is 0 Å². The molecule has 0 aliphatic rings. The van der Waals surface area contributed by atoms with Crippen LogP contribution in [0.2, 0.25) is 0 Å². The SMILES string of the molecule is CC(NN(C)C)c1ccc(F)c(Br)c1. The van der Waals surface area contributed by atoms with Crippen molar-refractivity contribution in [3.63, 3.8) is 0 Å². The van der Waals surface area contributed by atoms with Crippen molar-refractivity contribution >= 4 is 15.9 Å². The summed E-state index contributed by atoms with van der Waals surface area (Å²) in [5.41, 5.74) is 4.24. The Morgan fingerprint density at radius 3 is 2.57 bits per heavy atom. The first-order valence-electron chi connectivity index (χ1n) is 4.39. The number of nitrogens with zero attached hydrogens (tertiary/aromatic N) is 1. The standard InChI is InChI=1S/C10H14BrFN2/c1-7(13-14(2)3)8-4-5-10(12)9(11)6-8/h4-7,13H,1-3H3. The van der Waals surface area contributed by atoms with E-state index in [9.17, 15) is 4.39 Å². The van der Waals surface area contributed by atoms with E-state index in [2.05, 4.69) is 21.4 Å². The molecule has 1 unspecified atom stereocenters. The number of hydrogen-bond donors (Lipinski definition) is 1. The Morgan fingerprint density at radius 2 is 2.07 bits per heavy atom. The van der Waals surface area contributed by atoms with Crippen molar-refractivity contribution in [2.45, 2.75) is 13.0 Å². The summed E-state index contributed by atoms with van der Waals surface area (Å²) in [6.45, 7) is 2.03. The number of benzene rings is 1. The molecule has 0 aliphatic heterocycles. The molecule has 0 bridgehead atoms. The van der Waals surface area contributed by atoms with Crippen LogP contribution in [0, 0.1) is 5.82 Å². The van der Waals surface area contributed by atoms with Gasteiger partial charge < -0.3 is 0 Å². The largest absolute Gasteiger partial charge is 0.250 e. The van der Waals surface area contributed by atoms with Crippen LogP contribution in [-0.2, 0) is 0 Å². The molecule has 0 aliphatic carbocycles. The number of halogens is 2. The van der Waals surface area contributed by atoms with Gasteiger partial charge in [-0.15, -0.1) is 0 Å². The summed E-state index contributed by atoms with van der Waals surface area (Å²) in [5, 5.41) is 1.88. The lowest BCUT2D eigenvalue weighted by atomic mass is 10.1. The van der Waals surface area contributed by atoms with Crippen LogP contribution in [0.1, 0.15) is 18.5 Å². The molecule has 1 N–H and O–H groups in total. The van der Waals surface area contributed by atoms with Crippen molar-refractivity contribution < 1.29 is 4.39 Å². The van der Waals surface area contributed by atoms with Crippen molar-refractivity contribution in [1.82, 2.24) is 10.4 Å². The first-order chi connectivity index (χ1) is 6.50. The van der Waals surface area contributed by atoms with Crippen LogP contribution in [0.25, 0.3) is 0 Å². The minimum absolute atomic E-state index is 0.168. The van der Waals surface area contributed by atoms with Crippen LogP contribution in [0.3, 0.4) is 0 Å². The summed E-state index contributed by atoms with van der Waals surface area (Å²) >= 11 is 3.16. The molecular formula is C10H14BrFN2. The van der Waals surface area contributed by atoms with Crippen LogP contribution in [-0.4, -0.2) is 19.1 Å². The Kier molecular flexibility index (Phi) is 4.04. The molecule has 1 aromatic rings. The third-order valence-electron chi connectivity index (χ3n) is 1.90. The fourth-order valence-corrected chi connectivity index (χ4v) is 1.64. The molecule has 0 radical (unpaired) electrons. The van der Waals surface area contributed by atoms with E-state index in [4.69, 9.17) is 0 Å². The van der Waals surface area contributed by atoms with E-state index in [0.29, 0.717) is 4.47 Å². The Labute approximate surface area is 92.2 Å². The second-order valence-corrected chi connectivity index (χ2v) is 4.27. The van der Waals surface area contributed by atoms with E-state index in [1.165, 1.54) is 6.07 Å². The zero-order valence-electron chi connectivity index (χ0n) is 8.51. The highest BCUT2D eigenvalue weighted by Crippen LogP contribution is 2.21. The molecule has 1 aromatic carbocycles. The predicted molar refractivity (Wildman–Crippen MR) is 59.3 cm³/mol. The Hall–Kier alpha value is -0.450. The van der Waals surface area contributed by atoms with Gasteiger partial charge in [-0.05, 0) is 40.5 Å². The van der Waals surface area contributed by atoms with Gasteiger partial charge in [0.05, 0.1) is 4.47 Å². The van der Waals surface area contributed by atoms with E-state index in [1.54, 1.807) is 12.1 Å². The van der Waals surface area contributed by atoms with Gasteiger partial charge in [-0.25, -0.2) is 9.82 Å². The first-order valence-corrected chi connectivity index (χ1v) is 5.18. The average Bonchev–Trinajstić information content (AvgIpc) is 2.08. The quantitative estimate of drug-likeness (QED) is 0.841. The molecule has 1 rings (SSSR count). The van der Waals surface area contributed by atoms with Crippen LogP contribution < -0.4 is 5.43 Å². The maximum Gasteiger partial charge on any atom is 0.137 e. The van der Waals surface area contributed by atoms with E-state index in [0.717, 1.165) is 5.56 Å². The molecule has 1 atom stereocenters. The summed E-state index contributed by atoms with van der Waals surface area (Å²) in [4.78, 5) is 0. The highest BCUT2D eigenvalue weighted by atomic mass is 79.9. The third kappa shape index (κ3) is 3.04. The summed E-state index contributed by atoms with van der Waals surface area (Å²) in [7, 11) is 3.85. The zero-order valence-corrected chi connectivity index (χ0v) is 10.1. The molecule has 0 heterocycles. The van der Waals surface area contributed by atoms with E-state index < -0.39 is 0 Å². The summed E-state index contributed by atoms with van der Waals surface area (Å²) in [5.74, 6) is -0.231. The highest BCUT2D eigenvalue weighted by Gasteiger charge is 2.07. The van der Waals surface area contributed by atoms with Gasteiger partial charge in [-0.1, -0.05) is 6.07 Å². The second-order valence-electron chi connectivity index (χ2n) is 3.42. The lowest BCUT2D eigenvalue weighted by Gasteiger charge is -2.19. The number of hydrazine groups is 1. The highest BCUT2D eigenvalue weighted by molar-refractivity contribution is 9.10. The van der Waals surface area contributed by atoms with Gasteiger partial charge in [0.1, 0.15) is 5.82 Å². The van der Waals surface area contributed by atoms with Crippen molar-refractivity contribution in [3.8, 4) is 0 Å². The molecule has 14 heavy (non-hydrogen) atoms.